The Bertz CT molecular complexity index is 216. The van der Waals surface area contributed by atoms with Gasteiger partial charge in [0.15, 0.2) is 0 Å². The van der Waals surface area contributed by atoms with Crippen LogP contribution in [-0.4, -0.2) is 53.8 Å². The Kier molecular flexibility index (Phi) is 18.7. The van der Waals surface area contributed by atoms with Crippen LogP contribution in [0.3, 0.4) is 0 Å². The van der Waals surface area contributed by atoms with Crippen LogP contribution < -0.4 is 0 Å². The Hall–Kier alpha value is 0.651. The molecule has 0 rings (SSSR count). The fraction of sp³-hybridized carbons (Fsp3) is 1.00. The van der Waals surface area contributed by atoms with Gasteiger partial charge in [-0.15, -0.1) is 0 Å². The Balaban J connectivity index is -0.000000184. The van der Waals surface area contributed by atoms with Gasteiger partial charge in [0.1, 0.15) is 0 Å². The first kappa shape index (κ1) is 34.1. The van der Waals surface area contributed by atoms with Crippen molar-refractivity contribution < 1.29 is 55.9 Å². The smallest absolute Gasteiger partial charge is 0.412 e. The number of hydrogen-bond acceptors (Lipinski definition) is 5. The molecule has 0 aromatic heterocycles. The van der Waals surface area contributed by atoms with Gasteiger partial charge < -0.3 is 34.1 Å². The summed E-state index contributed by atoms with van der Waals surface area (Å²) in [4.78, 5) is 10.5. The molecule has 0 aliphatic heterocycles. The van der Waals surface area contributed by atoms with Crippen LogP contribution in [0.25, 0.3) is 0 Å². The van der Waals surface area contributed by atoms with Crippen molar-refractivity contribution in [1.82, 2.24) is 0 Å². The van der Waals surface area contributed by atoms with Crippen LogP contribution >= 0.6 is 0 Å². The summed E-state index contributed by atoms with van der Waals surface area (Å²) < 4.78 is 16.9. The summed E-state index contributed by atoms with van der Waals surface area (Å²) >= 11 is 0. The normalized spacial score (nSPS) is 12.0. The molecule has 138 valence electrons. The van der Waals surface area contributed by atoms with Crippen LogP contribution in [0.5, 0.6) is 0 Å². The van der Waals surface area contributed by atoms with Crippen LogP contribution in [-0.2, 0) is 35.0 Å². The number of rotatable bonds is 3. The van der Waals surface area contributed by atoms with Gasteiger partial charge in [0.2, 0.25) is 0 Å². The molecule has 6 N–H and O–H groups in total. The molecule has 0 aliphatic carbocycles. The van der Waals surface area contributed by atoms with Gasteiger partial charge in [-0.25, -0.2) is 0 Å². The monoisotopic (exact) mass is 380 g/mol. The summed E-state index contributed by atoms with van der Waals surface area (Å²) in [5.74, 6) is 0. The van der Waals surface area contributed by atoms with Crippen molar-refractivity contribution in [3.8, 4) is 0 Å². The summed E-state index contributed by atoms with van der Waals surface area (Å²) in [7, 11) is -2.66. The molecule has 9 heteroatoms. The zero-order valence-corrected chi connectivity index (χ0v) is 18.2. The molecule has 0 heterocycles. The van der Waals surface area contributed by atoms with E-state index >= 15 is 0 Å². The Labute approximate surface area is 151 Å². The molecule has 0 saturated heterocycles. The van der Waals surface area contributed by atoms with Crippen molar-refractivity contribution in [2.45, 2.75) is 79.1 Å². The van der Waals surface area contributed by atoms with Gasteiger partial charge >= 0.3 is 9.05 Å². The molecule has 0 fully saturated rings. The molecule has 0 saturated carbocycles. The zero-order valence-electron chi connectivity index (χ0n) is 15.6. The first-order valence-corrected chi connectivity index (χ1v) is 8.07. The molecule has 0 amide bonds. The molecule has 0 spiro atoms. The van der Waals surface area contributed by atoms with E-state index in [4.69, 9.17) is 18.4 Å². The van der Waals surface area contributed by atoms with Gasteiger partial charge in [0.25, 0.3) is 0 Å². The molecular formula is C13H36O7SiTi. The average Bonchev–Trinajstić information content (AvgIpc) is 1.94. The van der Waals surface area contributed by atoms with Crippen molar-refractivity contribution >= 4 is 9.05 Å². The Morgan fingerprint density at radius 3 is 0.818 bits per heavy atom. The van der Waals surface area contributed by atoms with Crippen molar-refractivity contribution in [1.29, 1.82) is 0 Å². The van der Waals surface area contributed by atoms with Crippen molar-refractivity contribution in [2.24, 2.45) is 0 Å². The fourth-order valence-corrected chi connectivity index (χ4v) is 3.67. The number of aliphatic hydroxyl groups is 1. The molecule has 0 aromatic carbocycles. The summed E-state index contributed by atoms with van der Waals surface area (Å²) in [5.41, 5.74) is -1.55. The number of aliphatic hydroxyl groups excluding tert-OH is 1. The zero-order chi connectivity index (χ0) is 16.1. The molecular weight excluding hydrogens is 344 g/mol. The topological polar surface area (TPSA) is 131 Å². The maximum atomic E-state index is 10.5. The summed E-state index contributed by atoms with van der Waals surface area (Å²) in [6, 6.07) is 0. The summed E-state index contributed by atoms with van der Waals surface area (Å²) in [5, 5.41) is 7.00. The van der Waals surface area contributed by atoms with Crippen LogP contribution in [0, 0.1) is 0 Å². The van der Waals surface area contributed by atoms with Gasteiger partial charge in [-0.05, 0) is 62.3 Å². The van der Waals surface area contributed by atoms with Crippen molar-refractivity contribution in [3.63, 3.8) is 0 Å². The van der Waals surface area contributed by atoms with E-state index in [2.05, 4.69) is 0 Å². The maximum Gasteiger partial charge on any atom is 0.678 e. The predicted octanol–water partition coefficient (Wildman–Crippen LogP) is 0.816. The average molecular weight is 380 g/mol. The van der Waals surface area contributed by atoms with Crippen LogP contribution in [0.1, 0.15) is 62.3 Å². The maximum absolute atomic E-state index is 10.5. The molecule has 22 heavy (non-hydrogen) atoms. The van der Waals surface area contributed by atoms with E-state index < -0.39 is 25.9 Å². The SMILES string of the molecule is CC(C)(C)O[Si](O)(OC(C)(C)C)OC(C)(C)C.CO.O.O.[Ti]. The molecule has 0 bridgehead atoms. The van der Waals surface area contributed by atoms with Crippen LogP contribution in [0.4, 0.5) is 0 Å². The second kappa shape index (κ2) is 12.1. The standard InChI is InChI=1S/C12H28O4Si.CH4O.2H2O.Ti/c1-10(2,3)14-17(13,15-11(4,5)6)16-12(7,8)9;1-2;;;/h13H,1-9H3;2H,1H3;2*1H2;. The van der Waals surface area contributed by atoms with Gasteiger partial charge in [0.05, 0.1) is 16.8 Å². The first-order chi connectivity index (χ1) is 8.12. The van der Waals surface area contributed by atoms with E-state index in [0.717, 1.165) is 7.11 Å². The summed E-state index contributed by atoms with van der Waals surface area (Å²) in [6.07, 6.45) is 0. The first-order valence-electron chi connectivity index (χ1n) is 6.40. The quantitative estimate of drug-likeness (QED) is 0.700. The molecule has 7 nitrogen and oxygen atoms in total. The Morgan fingerprint density at radius 2 is 0.727 bits per heavy atom. The van der Waals surface area contributed by atoms with Crippen LogP contribution in [0.2, 0.25) is 0 Å². The van der Waals surface area contributed by atoms with E-state index in [1.54, 1.807) is 0 Å². The van der Waals surface area contributed by atoms with Crippen molar-refractivity contribution in [3.05, 3.63) is 0 Å². The van der Waals surface area contributed by atoms with E-state index in [-0.39, 0.29) is 32.7 Å². The molecule has 0 radical (unpaired) electrons. The number of hydrogen-bond donors (Lipinski definition) is 2. The molecule has 0 aliphatic rings. The molecule has 0 unspecified atom stereocenters. The van der Waals surface area contributed by atoms with Crippen molar-refractivity contribution in [2.75, 3.05) is 7.11 Å². The van der Waals surface area contributed by atoms with E-state index in [1.165, 1.54) is 0 Å². The minimum absolute atomic E-state index is 0. The third-order valence-corrected chi connectivity index (χ3v) is 3.92. The van der Waals surface area contributed by atoms with Crippen LogP contribution in [0.15, 0.2) is 0 Å². The second-order valence-corrected chi connectivity index (χ2v) is 8.83. The minimum Gasteiger partial charge on any atom is -0.412 e. The largest absolute Gasteiger partial charge is 0.678 e. The van der Waals surface area contributed by atoms with E-state index in [1.807, 2.05) is 62.3 Å². The van der Waals surface area contributed by atoms with Gasteiger partial charge in [-0.1, -0.05) is 0 Å². The predicted molar refractivity (Wildman–Crippen MR) is 85.9 cm³/mol. The second-order valence-electron chi connectivity index (χ2n) is 7.17. The van der Waals surface area contributed by atoms with Gasteiger partial charge in [0, 0.05) is 28.8 Å². The molecule has 0 aromatic rings. The van der Waals surface area contributed by atoms with E-state index in [9.17, 15) is 4.80 Å². The minimum atomic E-state index is -3.66. The third-order valence-electron chi connectivity index (χ3n) is 1.31. The summed E-state index contributed by atoms with van der Waals surface area (Å²) in [6.45, 7) is 16.8. The van der Waals surface area contributed by atoms with E-state index in [0.29, 0.717) is 0 Å². The Morgan fingerprint density at radius 1 is 0.591 bits per heavy atom. The fourth-order valence-electron chi connectivity index (χ4n) is 1.22. The molecule has 0 atom stereocenters. The third kappa shape index (κ3) is 22.9. The van der Waals surface area contributed by atoms with Gasteiger partial charge in [-0.3, -0.25) is 0 Å². The van der Waals surface area contributed by atoms with Gasteiger partial charge in [-0.2, -0.15) is 0 Å².